The molecular weight excluding hydrogens is 375 g/mol. The zero-order chi connectivity index (χ0) is 16.9. The predicted molar refractivity (Wildman–Crippen MR) is 114 cm³/mol. The van der Waals surface area contributed by atoms with E-state index in [-0.39, 0.29) is 0 Å². The van der Waals surface area contributed by atoms with Crippen LogP contribution in [0.2, 0.25) is 0 Å². The summed E-state index contributed by atoms with van der Waals surface area (Å²) in [6.45, 7) is 2.09. The maximum atomic E-state index is 4.40. The van der Waals surface area contributed by atoms with Crippen molar-refractivity contribution in [3.63, 3.8) is 0 Å². The van der Waals surface area contributed by atoms with Crippen molar-refractivity contribution in [2.75, 3.05) is 6.16 Å². The van der Waals surface area contributed by atoms with Gasteiger partial charge in [0, 0.05) is 0 Å². The SMILES string of the molecule is C/C=C/CP(Br)(c1ccccc1)(c1ccccc1)c1ccccc1. The predicted octanol–water partition coefficient (Wildman–Crippen LogP) is 5.40. The molecule has 0 spiro atoms. The van der Waals surface area contributed by atoms with Gasteiger partial charge < -0.3 is 0 Å². The van der Waals surface area contributed by atoms with E-state index in [0.29, 0.717) is 0 Å². The molecule has 0 aliphatic rings. The summed E-state index contributed by atoms with van der Waals surface area (Å²) in [6, 6.07) is 32.7. The van der Waals surface area contributed by atoms with E-state index < -0.39 is 5.31 Å². The second kappa shape index (κ2) is 7.05. The molecule has 0 N–H and O–H groups in total. The van der Waals surface area contributed by atoms with Gasteiger partial charge in [-0.05, 0) is 0 Å². The average molecular weight is 397 g/mol. The molecule has 122 valence electrons. The molecular formula is C22H22BrP. The fourth-order valence-electron chi connectivity index (χ4n) is 3.28. The Morgan fingerprint density at radius 3 is 1.29 bits per heavy atom. The standard InChI is InChI=1S/C22H22BrP/c1-2-3-19-24(23,20-13-7-4-8-14-20,21-15-9-5-10-16-21)22-17-11-6-12-18-22/h2-18H,19H2,1H3/b3-2+. The molecule has 0 heterocycles. The molecule has 0 aliphatic carbocycles. The van der Waals surface area contributed by atoms with Gasteiger partial charge in [0.05, 0.1) is 0 Å². The summed E-state index contributed by atoms with van der Waals surface area (Å²) in [7, 11) is 0. The van der Waals surface area contributed by atoms with Crippen molar-refractivity contribution in [3.05, 3.63) is 103 Å². The summed E-state index contributed by atoms with van der Waals surface area (Å²) in [5, 5.41) is 1.35. The summed E-state index contributed by atoms with van der Waals surface area (Å²) in [5.41, 5.74) is 0. The zero-order valence-corrected chi connectivity index (χ0v) is 16.3. The molecule has 0 fully saturated rings. The minimum absolute atomic E-state index is 0.958. The quantitative estimate of drug-likeness (QED) is 0.399. The normalized spacial score (nSPS) is 13.5. The van der Waals surface area contributed by atoms with Crippen molar-refractivity contribution >= 4 is 36.7 Å². The third kappa shape index (κ3) is 2.77. The fourth-order valence-corrected chi connectivity index (χ4v) is 10.4. The molecule has 3 aromatic rings. The fraction of sp³-hybridized carbons (Fsp3) is 0.0909. The van der Waals surface area contributed by atoms with Crippen LogP contribution in [0.5, 0.6) is 0 Å². The summed E-state index contributed by atoms with van der Waals surface area (Å²) in [6.07, 6.45) is 5.40. The molecule has 0 radical (unpaired) electrons. The average Bonchev–Trinajstić information content (AvgIpc) is 2.68. The Hall–Kier alpha value is -1.69. The van der Waals surface area contributed by atoms with Crippen molar-refractivity contribution in [2.24, 2.45) is 0 Å². The van der Waals surface area contributed by atoms with Gasteiger partial charge >= 0.3 is 153 Å². The van der Waals surface area contributed by atoms with Gasteiger partial charge in [-0.1, -0.05) is 0 Å². The second-order valence-electron chi connectivity index (χ2n) is 5.94. The van der Waals surface area contributed by atoms with Crippen LogP contribution < -0.4 is 15.9 Å². The molecule has 0 saturated heterocycles. The number of rotatable bonds is 5. The van der Waals surface area contributed by atoms with Crippen LogP contribution in [0, 0.1) is 0 Å². The molecule has 0 atom stereocenters. The topological polar surface area (TPSA) is 0 Å². The van der Waals surface area contributed by atoms with E-state index in [2.05, 4.69) is 126 Å². The molecule has 0 aliphatic heterocycles. The van der Waals surface area contributed by atoms with Crippen molar-refractivity contribution in [1.82, 2.24) is 0 Å². The van der Waals surface area contributed by atoms with Crippen molar-refractivity contribution in [2.45, 2.75) is 6.92 Å². The van der Waals surface area contributed by atoms with Gasteiger partial charge in [0.1, 0.15) is 0 Å². The molecule has 3 aromatic carbocycles. The Morgan fingerprint density at radius 2 is 1.00 bits per heavy atom. The van der Waals surface area contributed by atoms with Crippen LogP contribution in [0.1, 0.15) is 6.92 Å². The Morgan fingerprint density at radius 1 is 0.667 bits per heavy atom. The first kappa shape index (κ1) is 17.1. The van der Waals surface area contributed by atoms with E-state index in [1.165, 1.54) is 15.9 Å². The van der Waals surface area contributed by atoms with E-state index >= 15 is 0 Å². The van der Waals surface area contributed by atoms with Crippen molar-refractivity contribution < 1.29 is 0 Å². The van der Waals surface area contributed by atoms with Gasteiger partial charge in [-0.25, -0.2) is 0 Å². The first-order valence-electron chi connectivity index (χ1n) is 8.21. The van der Waals surface area contributed by atoms with E-state index in [1.54, 1.807) is 0 Å². The van der Waals surface area contributed by atoms with Crippen LogP contribution in [0.25, 0.3) is 0 Å². The molecule has 0 unspecified atom stereocenters. The molecule has 24 heavy (non-hydrogen) atoms. The maximum absolute atomic E-state index is 4.40. The van der Waals surface area contributed by atoms with Crippen LogP contribution in [0.3, 0.4) is 0 Å². The number of hydrogen-bond donors (Lipinski definition) is 0. The minimum atomic E-state index is -2.73. The van der Waals surface area contributed by atoms with E-state index in [1.807, 2.05) is 0 Å². The Bertz CT molecular complexity index is 711. The Balaban J connectivity index is 2.42. The van der Waals surface area contributed by atoms with E-state index in [4.69, 9.17) is 0 Å². The Labute approximate surface area is 152 Å². The number of halogens is 1. The third-order valence-electron chi connectivity index (χ3n) is 4.57. The first-order chi connectivity index (χ1) is 11.7. The molecule has 0 amide bonds. The zero-order valence-electron chi connectivity index (χ0n) is 13.8. The molecule has 3 rings (SSSR count). The van der Waals surface area contributed by atoms with Crippen LogP contribution >= 0.6 is 20.8 Å². The van der Waals surface area contributed by atoms with Crippen LogP contribution in [0.15, 0.2) is 103 Å². The first-order valence-corrected chi connectivity index (χ1v) is 12.6. The van der Waals surface area contributed by atoms with Gasteiger partial charge in [-0.2, -0.15) is 0 Å². The van der Waals surface area contributed by atoms with Crippen molar-refractivity contribution in [3.8, 4) is 0 Å². The summed E-state index contributed by atoms with van der Waals surface area (Å²) < 4.78 is 0. The van der Waals surface area contributed by atoms with E-state index in [0.717, 1.165) is 6.16 Å². The van der Waals surface area contributed by atoms with Gasteiger partial charge in [-0.3, -0.25) is 0 Å². The molecule has 0 bridgehead atoms. The van der Waals surface area contributed by atoms with Gasteiger partial charge in [-0.15, -0.1) is 0 Å². The van der Waals surface area contributed by atoms with Gasteiger partial charge in [0.15, 0.2) is 0 Å². The third-order valence-corrected chi connectivity index (χ3v) is 14.1. The molecule has 0 saturated carbocycles. The summed E-state index contributed by atoms with van der Waals surface area (Å²) >= 11 is 4.40. The summed E-state index contributed by atoms with van der Waals surface area (Å²) in [4.78, 5) is 0. The van der Waals surface area contributed by atoms with Crippen molar-refractivity contribution in [1.29, 1.82) is 0 Å². The number of benzene rings is 3. The molecule has 0 aromatic heterocycles. The molecule has 0 nitrogen and oxygen atoms in total. The molecule has 2 heteroatoms. The van der Waals surface area contributed by atoms with E-state index in [9.17, 15) is 0 Å². The second-order valence-corrected chi connectivity index (χ2v) is 14.9. The monoisotopic (exact) mass is 396 g/mol. The van der Waals surface area contributed by atoms with Crippen LogP contribution in [0.4, 0.5) is 0 Å². The number of allylic oxidation sites excluding steroid dienone is 2. The van der Waals surface area contributed by atoms with Crippen LogP contribution in [-0.4, -0.2) is 6.16 Å². The van der Waals surface area contributed by atoms with Gasteiger partial charge in [0.2, 0.25) is 0 Å². The van der Waals surface area contributed by atoms with Crippen LogP contribution in [-0.2, 0) is 0 Å². The summed E-state index contributed by atoms with van der Waals surface area (Å²) in [5.74, 6) is 0. The van der Waals surface area contributed by atoms with Gasteiger partial charge in [0.25, 0.3) is 0 Å². The Kier molecular flexibility index (Phi) is 5.04. The number of hydrogen-bond acceptors (Lipinski definition) is 0.